The number of hydrogen-bond donors (Lipinski definition) is 3. The zero-order valence-corrected chi connectivity index (χ0v) is 14.9. The molecule has 1 heterocycles. The number of anilines is 1. The molecule has 3 rings (SSSR count). The van der Waals surface area contributed by atoms with Crippen molar-refractivity contribution in [2.24, 2.45) is 5.73 Å². The predicted molar refractivity (Wildman–Crippen MR) is 105 cm³/mol. The van der Waals surface area contributed by atoms with Gasteiger partial charge in [0.15, 0.2) is 0 Å². The Morgan fingerprint density at radius 2 is 1.77 bits per heavy atom. The minimum absolute atomic E-state index is 0.427. The Kier molecular flexibility index (Phi) is 5.16. The summed E-state index contributed by atoms with van der Waals surface area (Å²) in [6.45, 7) is 0. The fourth-order valence-corrected chi connectivity index (χ4v) is 2.56. The Bertz CT molecular complexity index is 1090. The van der Waals surface area contributed by atoms with Crippen LogP contribution in [0.5, 0.6) is 0 Å². The second kappa shape index (κ2) is 7.51. The molecule has 0 unspecified atom stereocenters. The molecule has 8 heteroatoms. The summed E-state index contributed by atoms with van der Waals surface area (Å²) in [6, 6.07) is 13.5. The lowest BCUT2D eigenvalue weighted by atomic mass is 10.2. The first-order chi connectivity index (χ1) is 12.4. The van der Waals surface area contributed by atoms with E-state index in [1.807, 2.05) is 0 Å². The third-order valence-corrected chi connectivity index (χ3v) is 4.36. The van der Waals surface area contributed by atoms with Crippen LogP contribution in [-0.2, 0) is 0 Å². The smallest absolute Gasteiger partial charge is 0.332 e. The van der Waals surface area contributed by atoms with E-state index in [9.17, 15) is 9.59 Å². The van der Waals surface area contributed by atoms with Crippen molar-refractivity contribution in [2.75, 3.05) is 5.32 Å². The molecule has 0 radical (unpaired) electrons. The summed E-state index contributed by atoms with van der Waals surface area (Å²) in [7, 11) is 0. The molecule has 0 fully saturated rings. The number of rotatable bonds is 4. The maximum Gasteiger partial charge on any atom is 0.332 e. The lowest BCUT2D eigenvalue weighted by Gasteiger charge is -2.08. The van der Waals surface area contributed by atoms with Gasteiger partial charge < -0.3 is 11.1 Å². The second-order valence-electron chi connectivity index (χ2n) is 5.40. The standard InChI is InChI=1S/C18H14Cl2N4O2/c19-14-6-1-11(9-15(14)20)16(21)10-22-12-2-4-13(5-3-12)24-8-7-17(25)23-18(24)26/h1-10,22H,21H2,(H,23,25,26)/b16-10-. The van der Waals surface area contributed by atoms with Crippen molar-refractivity contribution in [2.45, 2.75) is 0 Å². The van der Waals surface area contributed by atoms with Gasteiger partial charge in [-0.25, -0.2) is 4.79 Å². The molecule has 3 aromatic rings. The Morgan fingerprint density at radius 1 is 1.04 bits per heavy atom. The Balaban J connectivity index is 1.77. The van der Waals surface area contributed by atoms with E-state index >= 15 is 0 Å². The van der Waals surface area contributed by atoms with Gasteiger partial charge in [0, 0.05) is 29.7 Å². The molecule has 1 aromatic heterocycles. The first-order valence-electron chi connectivity index (χ1n) is 7.54. The van der Waals surface area contributed by atoms with Crippen molar-refractivity contribution in [3.05, 3.63) is 97.4 Å². The number of nitrogens with two attached hydrogens (primary N) is 1. The van der Waals surface area contributed by atoms with Crippen LogP contribution >= 0.6 is 23.2 Å². The molecule has 0 aliphatic carbocycles. The molecule has 0 aliphatic heterocycles. The molecular weight excluding hydrogens is 375 g/mol. The van der Waals surface area contributed by atoms with Gasteiger partial charge in [-0.05, 0) is 36.4 Å². The highest BCUT2D eigenvalue weighted by molar-refractivity contribution is 6.42. The molecule has 0 saturated heterocycles. The van der Waals surface area contributed by atoms with Crippen LogP contribution in [0.25, 0.3) is 11.4 Å². The number of nitrogens with one attached hydrogen (secondary N) is 2. The lowest BCUT2D eigenvalue weighted by molar-refractivity contribution is 0.896. The maximum atomic E-state index is 11.8. The molecule has 0 saturated carbocycles. The summed E-state index contributed by atoms with van der Waals surface area (Å²) in [5.74, 6) is 0. The quantitative estimate of drug-likeness (QED) is 0.639. The number of halogens is 2. The van der Waals surface area contributed by atoms with Crippen molar-refractivity contribution >= 4 is 34.6 Å². The monoisotopic (exact) mass is 388 g/mol. The van der Waals surface area contributed by atoms with Gasteiger partial charge in [0.25, 0.3) is 5.56 Å². The highest BCUT2D eigenvalue weighted by Crippen LogP contribution is 2.24. The summed E-state index contributed by atoms with van der Waals surface area (Å²) >= 11 is 11.9. The largest absolute Gasteiger partial charge is 0.397 e. The molecule has 0 aliphatic rings. The van der Waals surface area contributed by atoms with E-state index in [1.165, 1.54) is 16.8 Å². The van der Waals surface area contributed by atoms with E-state index in [0.717, 1.165) is 11.3 Å². The number of aromatic nitrogens is 2. The minimum Gasteiger partial charge on any atom is -0.397 e. The molecule has 6 nitrogen and oxygen atoms in total. The fourth-order valence-electron chi connectivity index (χ4n) is 2.26. The van der Waals surface area contributed by atoms with Crippen LogP contribution in [0.15, 0.2) is 70.5 Å². The van der Waals surface area contributed by atoms with Gasteiger partial charge in [0.2, 0.25) is 0 Å². The van der Waals surface area contributed by atoms with Gasteiger partial charge in [0.1, 0.15) is 0 Å². The number of benzene rings is 2. The number of hydrogen-bond acceptors (Lipinski definition) is 4. The van der Waals surface area contributed by atoms with E-state index in [4.69, 9.17) is 28.9 Å². The molecule has 0 atom stereocenters. The van der Waals surface area contributed by atoms with Crippen LogP contribution in [0.2, 0.25) is 10.0 Å². The van der Waals surface area contributed by atoms with Crippen molar-refractivity contribution in [3.63, 3.8) is 0 Å². The van der Waals surface area contributed by atoms with Gasteiger partial charge in [-0.15, -0.1) is 0 Å². The summed E-state index contributed by atoms with van der Waals surface area (Å²) < 4.78 is 1.34. The van der Waals surface area contributed by atoms with Gasteiger partial charge in [-0.1, -0.05) is 29.3 Å². The third kappa shape index (κ3) is 3.99. The average molecular weight is 389 g/mol. The Morgan fingerprint density at radius 3 is 2.42 bits per heavy atom. The van der Waals surface area contributed by atoms with Gasteiger partial charge in [-0.2, -0.15) is 0 Å². The average Bonchev–Trinajstić information content (AvgIpc) is 2.62. The predicted octanol–water partition coefficient (Wildman–Crippen LogP) is 3.20. The zero-order chi connectivity index (χ0) is 18.7. The Hall–Kier alpha value is -2.96. The van der Waals surface area contributed by atoms with Crippen molar-refractivity contribution in [3.8, 4) is 5.69 Å². The zero-order valence-electron chi connectivity index (χ0n) is 13.4. The SMILES string of the molecule is N/C(=C\Nc1ccc(-n2ccc(=O)[nH]c2=O)cc1)c1ccc(Cl)c(Cl)c1. The minimum atomic E-state index is -0.498. The van der Waals surface area contributed by atoms with Crippen molar-refractivity contribution < 1.29 is 0 Å². The van der Waals surface area contributed by atoms with E-state index in [2.05, 4.69) is 10.3 Å². The fraction of sp³-hybridized carbons (Fsp3) is 0. The number of aromatic amines is 1. The second-order valence-corrected chi connectivity index (χ2v) is 6.21. The molecule has 132 valence electrons. The first kappa shape index (κ1) is 17.8. The normalized spacial score (nSPS) is 11.4. The van der Waals surface area contributed by atoms with Crippen LogP contribution in [0.3, 0.4) is 0 Å². The third-order valence-electron chi connectivity index (χ3n) is 3.62. The number of H-pyrrole nitrogens is 1. The van der Waals surface area contributed by atoms with Gasteiger partial charge >= 0.3 is 5.69 Å². The molecular formula is C18H14Cl2N4O2. The van der Waals surface area contributed by atoms with Crippen LogP contribution in [0, 0.1) is 0 Å². The number of nitrogens with zero attached hydrogens (tertiary/aromatic N) is 1. The summed E-state index contributed by atoms with van der Waals surface area (Å²) in [6.07, 6.45) is 3.06. The lowest BCUT2D eigenvalue weighted by Crippen LogP contribution is -2.27. The van der Waals surface area contributed by atoms with Crippen molar-refractivity contribution in [1.82, 2.24) is 9.55 Å². The van der Waals surface area contributed by atoms with Crippen molar-refractivity contribution in [1.29, 1.82) is 0 Å². The van der Waals surface area contributed by atoms with E-state index in [0.29, 0.717) is 21.4 Å². The van der Waals surface area contributed by atoms with E-state index in [1.54, 1.807) is 48.7 Å². The van der Waals surface area contributed by atoms with Gasteiger partial charge in [-0.3, -0.25) is 14.3 Å². The van der Waals surface area contributed by atoms with E-state index in [-0.39, 0.29) is 0 Å². The topological polar surface area (TPSA) is 92.9 Å². The molecule has 26 heavy (non-hydrogen) atoms. The van der Waals surface area contributed by atoms with Crippen LogP contribution in [0.4, 0.5) is 5.69 Å². The molecule has 0 amide bonds. The highest BCUT2D eigenvalue weighted by Gasteiger charge is 2.03. The maximum absolute atomic E-state index is 11.8. The summed E-state index contributed by atoms with van der Waals surface area (Å²) in [4.78, 5) is 25.1. The van der Waals surface area contributed by atoms with Crippen LogP contribution < -0.4 is 22.3 Å². The molecule has 0 bridgehead atoms. The first-order valence-corrected chi connectivity index (χ1v) is 8.29. The Labute approximate surface area is 158 Å². The highest BCUT2D eigenvalue weighted by atomic mass is 35.5. The molecule has 2 aromatic carbocycles. The van der Waals surface area contributed by atoms with E-state index < -0.39 is 11.2 Å². The summed E-state index contributed by atoms with van der Waals surface area (Å²) in [5.41, 5.74) is 7.72. The van der Waals surface area contributed by atoms with Gasteiger partial charge in [0.05, 0.1) is 21.4 Å². The van der Waals surface area contributed by atoms with Crippen LogP contribution in [-0.4, -0.2) is 9.55 Å². The molecule has 0 spiro atoms. The molecule has 4 N–H and O–H groups in total. The summed E-state index contributed by atoms with van der Waals surface area (Å²) in [5, 5.41) is 3.96. The van der Waals surface area contributed by atoms with Crippen LogP contribution in [0.1, 0.15) is 5.56 Å².